The van der Waals surface area contributed by atoms with Crippen molar-refractivity contribution in [2.24, 2.45) is 0 Å². The molecule has 114 valence electrons. The summed E-state index contributed by atoms with van der Waals surface area (Å²) in [6.45, 7) is 2.17. The number of carbonyl (C=O) groups excluding carboxylic acids is 2. The van der Waals surface area contributed by atoms with Gasteiger partial charge in [-0.1, -0.05) is 0 Å². The highest BCUT2D eigenvalue weighted by atomic mass is 32.1. The number of anilines is 1. The van der Waals surface area contributed by atoms with Crippen LogP contribution in [0.4, 0.5) is 5.00 Å². The highest BCUT2D eigenvalue weighted by molar-refractivity contribution is 7.17. The van der Waals surface area contributed by atoms with Gasteiger partial charge in [0.05, 0.1) is 12.7 Å². The van der Waals surface area contributed by atoms with Crippen LogP contribution in [-0.2, 0) is 27.2 Å². The third-order valence-corrected chi connectivity index (χ3v) is 4.92. The number of hydrogen-bond acceptors (Lipinski definition) is 6. The zero-order valence-corrected chi connectivity index (χ0v) is 12.7. The first kappa shape index (κ1) is 14.5. The molecule has 6 nitrogen and oxygen atoms in total. The van der Waals surface area contributed by atoms with Crippen LogP contribution in [-0.4, -0.2) is 38.2 Å². The Bertz CT molecular complexity index is 564. The van der Waals surface area contributed by atoms with Crippen molar-refractivity contribution in [2.45, 2.75) is 31.9 Å². The van der Waals surface area contributed by atoms with Crippen molar-refractivity contribution < 1.29 is 19.1 Å². The van der Waals surface area contributed by atoms with E-state index in [1.165, 1.54) is 18.4 Å². The summed E-state index contributed by atoms with van der Waals surface area (Å²) >= 11 is 1.44. The molecule has 0 radical (unpaired) electrons. The third-order valence-electron chi connectivity index (χ3n) is 3.78. The molecule has 2 aliphatic heterocycles. The monoisotopic (exact) mass is 310 g/mol. The molecule has 1 unspecified atom stereocenters. The summed E-state index contributed by atoms with van der Waals surface area (Å²) < 4.78 is 10.3. The molecular formula is C14H18N2O4S. The van der Waals surface area contributed by atoms with Crippen molar-refractivity contribution in [3.63, 3.8) is 0 Å². The predicted octanol–water partition coefficient (Wildman–Crippen LogP) is 1.30. The van der Waals surface area contributed by atoms with E-state index in [1.54, 1.807) is 0 Å². The van der Waals surface area contributed by atoms with E-state index in [9.17, 15) is 9.59 Å². The first-order valence-electron chi connectivity index (χ1n) is 7.06. The van der Waals surface area contributed by atoms with E-state index >= 15 is 0 Å². The van der Waals surface area contributed by atoms with Crippen molar-refractivity contribution in [3.8, 4) is 0 Å². The number of nitrogens with one attached hydrogen (secondary N) is 2. The Hall–Kier alpha value is -1.44. The van der Waals surface area contributed by atoms with Crippen LogP contribution < -0.4 is 10.6 Å². The summed E-state index contributed by atoms with van der Waals surface area (Å²) in [4.78, 5) is 25.3. The van der Waals surface area contributed by atoms with Gasteiger partial charge in [0, 0.05) is 18.0 Å². The van der Waals surface area contributed by atoms with Crippen LogP contribution in [0.1, 0.15) is 33.6 Å². The van der Waals surface area contributed by atoms with E-state index in [2.05, 4.69) is 10.6 Å². The lowest BCUT2D eigenvalue weighted by Gasteiger charge is -2.13. The Balaban J connectivity index is 1.88. The van der Waals surface area contributed by atoms with Gasteiger partial charge in [0.25, 0.3) is 5.91 Å². The summed E-state index contributed by atoms with van der Waals surface area (Å²) in [7, 11) is 1.36. The van der Waals surface area contributed by atoms with Crippen LogP contribution in [0.5, 0.6) is 0 Å². The number of carbonyl (C=O) groups is 2. The van der Waals surface area contributed by atoms with E-state index < -0.39 is 12.1 Å². The molecular weight excluding hydrogens is 292 g/mol. The molecule has 0 aliphatic carbocycles. The van der Waals surface area contributed by atoms with Crippen LogP contribution in [0, 0.1) is 0 Å². The number of hydrogen-bond donors (Lipinski definition) is 2. The molecule has 3 rings (SSSR count). The Morgan fingerprint density at radius 1 is 1.48 bits per heavy atom. The molecule has 0 saturated carbocycles. The topological polar surface area (TPSA) is 76.7 Å². The molecule has 3 heterocycles. The molecule has 21 heavy (non-hydrogen) atoms. The summed E-state index contributed by atoms with van der Waals surface area (Å²) in [5.74, 6) is -0.568. The molecule has 2 N–H and O–H groups in total. The van der Waals surface area contributed by atoms with Gasteiger partial charge in [-0.2, -0.15) is 0 Å². The molecule has 0 aromatic carbocycles. The predicted molar refractivity (Wildman–Crippen MR) is 78.7 cm³/mol. The molecule has 1 aromatic heterocycles. The van der Waals surface area contributed by atoms with E-state index in [1.807, 2.05) is 0 Å². The fourth-order valence-electron chi connectivity index (χ4n) is 2.72. The van der Waals surface area contributed by atoms with Crippen molar-refractivity contribution in [2.75, 3.05) is 25.6 Å². The third kappa shape index (κ3) is 2.81. The molecule has 1 fully saturated rings. The highest BCUT2D eigenvalue weighted by Crippen LogP contribution is 2.36. The van der Waals surface area contributed by atoms with E-state index in [0.717, 1.165) is 42.8 Å². The molecule has 1 saturated heterocycles. The van der Waals surface area contributed by atoms with Crippen molar-refractivity contribution in [1.29, 1.82) is 0 Å². The van der Waals surface area contributed by atoms with Gasteiger partial charge in [0.15, 0.2) is 0 Å². The van der Waals surface area contributed by atoms with Gasteiger partial charge in [0.2, 0.25) is 0 Å². The van der Waals surface area contributed by atoms with Crippen LogP contribution >= 0.6 is 11.3 Å². The van der Waals surface area contributed by atoms with Gasteiger partial charge in [-0.05, 0) is 31.4 Å². The van der Waals surface area contributed by atoms with E-state index in [-0.39, 0.29) is 5.91 Å². The standard InChI is InChI=1S/C14H18N2O4S/c1-19-14(18)11-8-4-5-15-7-10(8)21-13(11)16-12(17)9-3-2-6-20-9/h9,15H,2-7H2,1H3,(H,16,17). The number of methoxy groups -OCH3 is 1. The van der Waals surface area contributed by atoms with Crippen LogP contribution in [0.15, 0.2) is 0 Å². The lowest BCUT2D eigenvalue weighted by Crippen LogP contribution is -2.27. The Morgan fingerprint density at radius 3 is 3.05 bits per heavy atom. The highest BCUT2D eigenvalue weighted by Gasteiger charge is 2.29. The minimum atomic E-state index is -0.409. The number of amides is 1. The van der Waals surface area contributed by atoms with Gasteiger partial charge in [-0.3, -0.25) is 4.79 Å². The maximum atomic E-state index is 12.2. The number of fused-ring (bicyclic) bond motifs is 1. The second kappa shape index (κ2) is 6.13. The molecule has 1 aromatic rings. The zero-order valence-electron chi connectivity index (χ0n) is 11.9. The van der Waals surface area contributed by atoms with E-state index in [4.69, 9.17) is 9.47 Å². The Morgan fingerprint density at radius 2 is 2.33 bits per heavy atom. The molecule has 7 heteroatoms. The van der Waals surface area contributed by atoms with Crippen molar-refractivity contribution >= 4 is 28.2 Å². The number of thiophene rings is 1. The molecule has 1 atom stereocenters. The summed E-state index contributed by atoms with van der Waals surface area (Å²) in [5.41, 5.74) is 1.50. The fourth-order valence-corrected chi connectivity index (χ4v) is 3.93. The molecule has 2 aliphatic rings. The quantitative estimate of drug-likeness (QED) is 0.823. The maximum absolute atomic E-state index is 12.2. The summed E-state index contributed by atoms with van der Waals surface area (Å²) in [5, 5.41) is 6.70. The molecule has 1 amide bonds. The zero-order chi connectivity index (χ0) is 14.8. The second-order valence-electron chi connectivity index (χ2n) is 5.12. The summed E-state index contributed by atoms with van der Waals surface area (Å²) in [6, 6.07) is 0. The largest absolute Gasteiger partial charge is 0.465 e. The van der Waals surface area contributed by atoms with Gasteiger partial charge in [-0.25, -0.2) is 4.79 Å². The van der Waals surface area contributed by atoms with Crippen molar-refractivity contribution in [3.05, 3.63) is 16.0 Å². The van der Waals surface area contributed by atoms with Crippen LogP contribution in [0.25, 0.3) is 0 Å². The van der Waals surface area contributed by atoms with Gasteiger partial charge in [-0.15, -0.1) is 11.3 Å². The smallest absolute Gasteiger partial charge is 0.341 e. The number of rotatable bonds is 3. The lowest BCUT2D eigenvalue weighted by atomic mass is 10.0. The lowest BCUT2D eigenvalue weighted by molar-refractivity contribution is -0.124. The van der Waals surface area contributed by atoms with Crippen molar-refractivity contribution in [1.82, 2.24) is 5.32 Å². The summed E-state index contributed by atoms with van der Waals surface area (Å²) in [6.07, 6.45) is 1.98. The Labute approximate surface area is 126 Å². The van der Waals surface area contributed by atoms with Crippen LogP contribution in [0.3, 0.4) is 0 Å². The minimum absolute atomic E-state index is 0.177. The first-order valence-corrected chi connectivity index (χ1v) is 7.88. The van der Waals surface area contributed by atoms with Crippen LogP contribution in [0.2, 0.25) is 0 Å². The molecule has 0 spiro atoms. The second-order valence-corrected chi connectivity index (χ2v) is 6.22. The SMILES string of the molecule is COC(=O)c1c(NC(=O)C2CCCO2)sc2c1CCNC2. The van der Waals surface area contributed by atoms with Gasteiger partial charge < -0.3 is 20.1 Å². The number of ether oxygens (including phenoxy) is 2. The minimum Gasteiger partial charge on any atom is -0.465 e. The maximum Gasteiger partial charge on any atom is 0.341 e. The average Bonchev–Trinajstić information content (AvgIpc) is 3.13. The Kier molecular flexibility index (Phi) is 4.23. The number of esters is 1. The molecule has 0 bridgehead atoms. The average molecular weight is 310 g/mol. The van der Waals surface area contributed by atoms with Gasteiger partial charge >= 0.3 is 5.97 Å². The first-order chi connectivity index (χ1) is 10.2. The fraction of sp³-hybridized carbons (Fsp3) is 0.571. The normalized spacial score (nSPS) is 20.9. The van der Waals surface area contributed by atoms with E-state index in [0.29, 0.717) is 17.2 Å². The van der Waals surface area contributed by atoms with Gasteiger partial charge in [0.1, 0.15) is 11.1 Å².